The quantitative estimate of drug-likeness (QED) is 0.393. The normalized spacial score (nSPS) is 13.5. The first-order valence-electron chi connectivity index (χ1n) is 10.8. The highest BCUT2D eigenvalue weighted by atomic mass is 16.1. The molecule has 5 heterocycles. The van der Waals surface area contributed by atoms with Crippen LogP contribution in [0.5, 0.6) is 0 Å². The summed E-state index contributed by atoms with van der Waals surface area (Å²) in [6.45, 7) is 3.63. The van der Waals surface area contributed by atoms with Gasteiger partial charge in [-0.25, -0.2) is 24.9 Å². The van der Waals surface area contributed by atoms with Gasteiger partial charge in [-0.1, -0.05) is 0 Å². The fourth-order valence-electron chi connectivity index (χ4n) is 3.62. The molecule has 4 aromatic rings. The second-order valence-corrected chi connectivity index (χ2v) is 7.64. The number of piperazine rings is 1. The summed E-state index contributed by atoms with van der Waals surface area (Å²) >= 11 is 0. The van der Waals surface area contributed by atoms with Crippen molar-refractivity contribution in [3.8, 4) is 22.6 Å². The molecule has 1 aliphatic rings. The molecule has 0 bridgehead atoms. The SMILES string of the molecule is NC(=O)c1cnc(-c2cc(Nc3cnccn3)nc(-c3ccnc(N4CCNCC4)c3)c2)nc1. The molecule has 1 aliphatic heterocycles. The van der Waals surface area contributed by atoms with Crippen molar-refractivity contribution in [1.29, 1.82) is 0 Å². The van der Waals surface area contributed by atoms with Crippen LogP contribution in [0.25, 0.3) is 22.6 Å². The summed E-state index contributed by atoms with van der Waals surface area (Å²) in [5.74, 6) is 1.86. The highest BCUT2D eigenvalue weighted by Crippen LogP contribution is 2.28. The number of rotatable bonds is 6. The molecule has 0 saturated carbocycles. The van der Waals surface area contributed by atoms with Crippen molar-refractivity contribution < 1.29 is 4.79 Å². The highest BCUT2D eigenvalue weighted by Gasteiger charge is 2.15. The number of nitrogens with zero attached hydrogens (tertiary/aromatic N) is 7. The van der Waals surface area contributed by atoms with Gasteiger partial charge in [0.05, 0.1) is 17.5 Å². The maximum Gasteiger partial charge on any atom is 0.251 e. The molecule has 0 spiro atoms. The molecule has 0 unspecified atom stereocenters. The number of pyridine rings is 2. The minimum atomic E-state index is -0.579. The Kier molecular flexibility index (Phi) is 5.99. The maximum absolute atomic E-state index is 11.4. The van der Waals surface area contributed by atoms with Gasteiger partial charge in [-0.05, 0) is 24.3 Å². The number of amides is 1. The second kappa shape index (κ2) is 9.55. The van der Waals surface area contributed by atoms with Crippen molar-refractivity contribution in [2.24, 2.45) is 5.73 Å². The van der Waals surface area contributed by atoms with Crippen LogP contribution in [0, 0.1) is 0 Å². The van der Waals surface area contributed by atoms with Crippen LogP contribution in [0.1, 0.15) is 10.4 Å². The Morgan fingerprint density at radius 2 is 1.74 bits per heavy atom. The summed E-state index contributed by atoms with van der Waals surface area (Å²) in [6.07, 6.45) is 9.42. The van der Waals surface area contributed by atoms with Gasteiger partial charge in [0.1, 0.15) is 17.5 Å². The Morgan fingerprint density at radius 1 is 0.912 bits per heavy atom. The van der Waals surface area contributed by atoms with Crippen molar-refractivity contribution in [1.82, 2.24) is 35.2 Å². The van der Waals surface area contributed by atoms with Gasteiger partial charge < -0.3 is 21.3 Å². The lowest BCUT2D eigenvalue weighted by molar-refractivity contribution is 0.0999. The molecule has 0 atom stereocenters. The van der Waals surface area contributed by atoms with Gasteiger partial charge in [0, 0.05) is 68.3 Å². The molecule has 1 saturated heterocycles. The molecule has 0 aromatic carbocycles. The van der Waals surface area contributed by atoms with E-state index in [0.29, 0.717) is 28.7 Å². The van der Waals surface area contributed by atoms with Crippen LogP contribution in [-0.2, 0) is 0 Å². The van der Waals surface area contributed by atoms with Crippen LogP contribution in [0.15, 0.2) is 61.4 Å². The van der Waals surface area contributed by atoms with E-state index in [0.717, 1.165) is 37.6 Å². The van der Waals surface area contributed by atoms with Crippen LogP contribution >= 0.6 is 0 Å². The van der Waals surface area contributed by atoms with Gasteiger partial charge in [-0.15, -0.1) is 0 Å². The Hall–Kier alpha value is -4.51. The second-order valence-electron chi connectivity index (χ2n) is 7.64. The molecular weight excluding hydrogens is 432 g/mol. The molecule has 4 aromatic heterocycles. The molecular formula is C23H22N10O. The third-order valence-electron chi connectivity index (χ3n) is 5.32. The van der Waals surface area contributed by atoms with Crippen LogP contribution in [-0.4, -0.2) is 62.0 Å². The van der Waals surface area contributed by atoms with E-state index in [1.165, 1.54) is 12.4 Å². The number of carbonyl (C=O) groups excluding carboxylic acids is 1. The summed E-state index contributed by atoms with van der Waals surface area (Å²) in [4.78, 5) is 40.0. The van der Waals surface area contributed by atoms with E-state index < -0.39 is 5.91 Å². The number of nitrogens with one attached hydrogen (secondary N) is 2. The van der Waals surface area contributed by atoms with E-state index in [1.54, 1.807) is 24.8 Å². The third kappa shape index (κ3) is 4.79. The number of primary amides is 1. The molecule has 1 amide bonds. The Labute approximate surface area is 195 Å². The van der Waals surface area contributed by atoms with E-state index in [-0.39, 0.29) is 5.56 Å². The number of carbonyl (C=O) groups is 1. The number of nitrogens with two attached hydrogens (primary N) is 1. The summed E-state index contributed by atoms with van der Waals surface area (Å²) in [7, 11) is 0. The summed E-state index contributed by atoms with van der Waals surface area (Å²) in [6, 6.07) is 7.66. The van der Waals surface area contributed by atoms with Crippen molar-refractivity contribution in [3.63, 3.8) is 0 Å². The van der Waals surface area contributed by atoms with Crippen molar-refractivity contribution in [2.75, 3.05) is 36.4 Å². The summed E-state index contributed by atoms with van der Waals surface area (Å²) < 4.78 is 0. The van der Waals surface area contributed by atoms with Crippen LogP contribution in [0.2, 0.25) is 0 Å². The first-order chi connectivity index (χ1) is 16.7. The Bertz CT molecular complexity index is 1290. The predicted octanol–water partition coefficient (Wildman–Crippen LogP) is 1.64. The maximum atomic E-state index is 11.4. The lowest BCUT2D eigenvalue weighted by Crippen LogP contribution is -2.43. The first-order valence-corrected chi connectivity index (χ1v) is 10.8. The van der Waals surface area contributed by atoms with Crippen molar-refractivity contribution in [3.05, 3.63) is 67.0 Å². The summed E-state index contributed by atoms with van der Waals surface area (Å²) in [5, 5.41) is 6.54. The number of hydrogen-bond acceptors (Lipinski definition) is 10. The van der Waals surface area contributed by atoms with E-state index >= 15 is 0 Å². The van der Waals surface area contributed by atoms with E-state index in [1.807, 2.05) is 24.3 Å². The highest BCUT2D eigenvalue weighted by molar-refractivity contribution is 5.92. The zero-order valence-corrected chi connectivity index (χ0v) is 18.2. The van der Waals surface area contributed by atoms with Crippen molar-refractivity contribution >= 4 is 23.4 Å². The molecule has 5 rings (SSSR count). The van der Waals surface area contributed by atoms with Crippen LogP contribution in [0.4, 0.5) is 17.5 Å². The molecule has 34 heavy (non-hydrogen) atoms. The molecule has 170 valence electrons. The van der Waals surface area contributed by atoms with Crippen LogP contribution < -0.4 is 21.3 Å². The van der Waals surface area contributed by atoms with E-state index in [2.05, 4.69) is 40.5 Å². The number of anilines is 3. The predicted molar refractivity (Wildman–Crippen MR) is 127 cm³/mol. The topological polar surface area (TPSA) is 148 Å². The molecule has 0 aliphatic carbocycles. The molecule has 1 fully saturated rings. The molecule has 4 N–H and O–H groups in total. The summed E-state index contributed by atoms with van der Waals surface area (Å²) in [5.41, 5.74) is 7.90. The monoisotopic (exact) mass is 454 g/mol. The van der Waals surface area contributed by atoms with E-state index in [9.17, 15) is 4.79 Å². The molecule has 11 heteroatoms. The minimum absolute atomic E-state index is 0.241. The number of hydrogen-bond donors (Lipinski definition) is 3. The van der Waals surface area contributed by atoms with Gasteiger partial charge >= 0.3 is 0 Å². The first kappa shape index (κ1) is 21.3. The standard InChI is InChI=1S/C23H22N10O/c24-22(34)17-12-29-23(30-13-17)16-9-18(31-19(10-16)32-20-14-26-3-4-27-20)15-1-2-28-21(11-15)33-7-5-25-6-8-33/h1-4,9-14,25H,5-8H2,(H2,24,34)(H,27,31,32). The molecule has 11 nitrogen and oxygen atoms in total. The van der Waals surface area contributed by atoms with Gasteiger partial charge in [-0.2, -0.15) is 0 Å². The zero-order valence-electron chi connectivity index (χ0n) is 18.2. The van der Waals surface area contributed by atoms with Crippen LogP contribution in [0.3, 0.4) is 0 Å². The lowest BCUT2D eigenvalue weighted by atomic mass is 10.1. The number of aromatic nitrogens is 6. The molecule has 0 radical (unpaired) electrons. The van der Waals surface area contributed by atoms with Gasteiger partial charge in [-0.3, -0.25) is 9.78 Å². The lowest BCUT2D eigenvalue weighted by Gasteiger charge is -2.28. The van der Waals surface area contributed by atoms with Crippen molar-refractivity contribution in [2.45, 2.75) is 0 Å². The Balaban J connectivity index is 1.55. The Morgan fingerprint density at radius 3 is 2.47 bits per heavy atom. The largest absolute Gasteiger partial charge is 0.366 e. The minimum Gasteiger partial charge on any atom is -0.366 e. The average Bonchev–Trinajstić information content (AvgIpc) is 2.90. The van der Waals surface area contributed by atoms with Gasteiger partial charge in [0.15, 0.2) is 5.82 Å². The fraction of sp³-hybridized carbons (Fsp3) is 0.174. The third-order valence-corrected chi connectivity index (χ3v) is 5.32. The smallest absolute Gasteiger partial charge is 0.251 e. The zero-order chi connectivity index (χ0) is 23.3. The fourth-order valence-corrected chi connectivity index (χ4v) is 3.62. The average molecular weight is 454 g/mol. The van der Waals surface area contributed by atoms with Gasteiger partial charge in [0.25, 0.3) is 5.91 Å². The van der Waals surface area contributed by atoms with E-state index in [4.69, 9.17) is 10.7 Å². The van der Waals surface area contributed by atoms with Gasteiger partial charge in [0.2, 0.25) is 0 Å².